The monoisotopic (exact) mass is 286 g/mol. The molecule has 1 rings (SSSR count). The number of hydrogen-bond acceptors (Lipinski definition) is 5. The molecule has 1 amide bonds. The van der Waals surface area contributed by atoms with Gasteiger partial charge in [0.2, 0.25) is 0 Å². The average Bonchev–Trinajstić information content (AvgIpc) is 2.38. The molecule has 0 fully saturated rings. The Morgan fingerprint density at radius 2 is 2.30 bits per heavy atom. The van der Waals surface area contributed by atoms with Crippen molar-refractivity contribution < 1.29 is 24.0 Å². The van der Waals surface area contributed by atoms with Crippen LogP contribution in [0.4, 0.5) is 10.1 Å². The summed E-state index contributed by atoms with van der Waals surface area (Å²) in [4.78, 5) is 21.7. The van der Waals surface area contributed by atoms with E-state index in [9.17, 15) is 24.4 Å². The van der Waals surface area contributed by atoms with Gasteiger partial charge in [-0.25, -0.2) is 4.39 Å². The fourth-order valence-electron chi connectivity index (χ4n) is 1.57. The van der Waals surface area contributed by atoms with E-state index in [1.807, 2.05) is 0 Å². The Labute approximate surface area is 114 Å². The van der Waals surface area contributed by atoms with E-state index in [0.29, 0.717) is 6.07 Å². The number of nitrogens with zero attached hydrogens (tertiary/aromatic N) is 1. The molecule has 1 unspecified atom stereocenters. The van der Waals surface area contributed by atoms with Gasteiger partial charge in [0.05, 0.1) is 23.7 Å². The Balaban J connectivity index is 2.66. The van der Waals surface area contributed by atoms with Crippen molar-refractivity contribution in [2.75, 3.05) is 20.3 Å². The molecule has 8 heteroatoms. The van der Waals surface area contributed by atoms with Crippen molar-refractivity contribution in [2.45, 2.75) is 12.5 Å². The first-order valence-corrected chi connectivity index (χ1v) is 5.85. The van der Waals surface area contributed by atoms with Crippen molar-refractivity contribution in [2.24, 2.45) is 0 Å². The maximum Gasteiger partial charge on any atom is 0.285 e. The number of methoxy groups -OCH3 is 1. The van der Waals surface area contributed by atoms with Crippen molar-refractivity contribution >= 4 is 11.6 Å². The number of carbonyl (C=O) groups excluding carboxylic acids is 1. The number of carbonyl (C=O) groups is 1. The summed E-state index contributed by atoms with van der Waals surface area (Å²) >= 11 is 0. The highest BCUT2D eigenvalue weighted by molar-refractivity contribution is 5.98. The highest BCUT2D eigenvalue weighted by Crippen LogP contribution is 2.19. The van der Waals surface area contributed by atoms with Crippen LogP contribution in [-0.2, 0) is 4.74 Å². The van der Waals surface area contributed by atoms with Gasteiger partial charge in [0.25, 0.3) is 11.6 Å². The van der Waals surface area contributed by atoms with E-state index in [2.05, 4.69) is 5.32 Å². The number of nitro benzene ring substituents is 1. The van der Waals surface area contributed by atoms with E-state index in [1.54, 1.807) is 0 Å². The molecule has 1 aromatic carbocycles. The van der Waals surface area contributed by atoms with Gasteiger partial charge in [0, 0.05) is 13.7 Å². The van der Waals surface area contributed by atoms with Crippen LogP contribution in [0.15, 0.2) is 18.2 Å². The minimum Gasteiger partial charge on any atom is -0.391 e. The molecule has 0 aromatic heterocycles. The molecule has 0 saturated heterocycles. The van der Waals surface area contributed by atoms with E-state index in [1.165, 1.54) is 7.11 Å². The van der Waals surface area contributed by atoms with E-state index in [0.717, 1.165) is 12.1 Å². The van der Waals surface area contributed by atoms with Crippen LogP contribution in [0.25, 0.3) is 0 Å². The molecule has 0 spiro atoms. The Kier molecular flexibility index (Phi) is 6.01. The number of benzene rings is 1. The summed E-state index contributed by atoms with van der Waals surface area (Å²) in [6.45, 7) is 0.254. The second-order valence-corrected chi connectivity index (χ2v) is 4.07. The van der Waals surface area contributed by atoms with Crippen LogP contribution in [0, 0.1) is 15.9 Å². The number of nitro groups is 1. The highest BCUT2D eigenvalue weighted by Gasteiger charge is 2.20. The minimum absolute atomic E-state index is 0.123. The Hall–Kier alpha value is -2.06. The number of ether oxygens (including phenoxy) is 1. The first-order chi connectivity index (χ1) is 9.45. The third-order valence-electron chi connectivity index (χ3n) is 2.52. The van der Waals surface area contributed by atoms with Crippen molar-refractivity contribution in [1.29, 1.82) is 0 Å². The summed E-state index contributed by atoms with van der Waals surface area (Å²) in [6, 6.07) is 2.71. The molecule has 0 heterocycles. The highest BCUT2D eigenvalue weighted by atomic mass is 19.1. The predicted molar refractivity (Wildman–Crippen MR) is 67.9 cm³/mol. The lowest BCUT2D eigenvalue weighted by Crippen LogP contribution is -2.29. The maximum absolute atomic E-state index is 12.9. The summed E-state index contributed by atoms with van der Waals surface area (Å²) in [7, 11) is 1.43. The molecule has 0 radical (unpaired) electrons. The third-order valence-corrected chi connectivity index (χ3v) is 2.52. The molecule has 1 aromatic rings. The fourth-order valence-corrected chi connectivity index (χ4v) is 1.57. The molecule has 2 N–H and O–H groups in total. The van der Waals surface area contributed by atoms with Crippen LogP contribution in [0.2, 0.25) is 0 Å². The Bertz CT molecular complexity index is 495. The largest absolute Gasteiger partial charge is 0.391 e. The topological polar surface area (TPSA) is 102 Å². The van der Waals surface area contributed by atoms with Crippen LogP contribution in [-0.4, -0.2) is 42.3 Å². The lowest BCUT2D eigenvalue weighted by Gasteiger charge is -2.10. The number of amides is 1. The summed E-state index contributed by atoms with van der Waals surface area (Å²) in [5.41, 5.74) is -0.822. The SMILES string of the molecule is COCC(O)CCNC(=O)c1ccc(F)cc1[N+](=O)[O-]. The zero-order chi connectivity index (χ0) is 15.1. The minimum atomic E-state index is -0.822. The average molecular weight is 286 g/mol. The lowest BCUT2D eigenvalue weighted by molar-refractivity contribution is -0.385. The molecule has 0 saturated carbocycles. The molecular weight excluding hydrogens is 271 g/mol. The molecule has 20 heavy (non-hydrogen) atoms. The molecule has 0 aliphatic heterocycles. The zero-order valence-corrected chi connectivity index (χ0v) is 10.8. The quantitative estimate of drug-likeness (QED) is 0.572. The van der Waals surface area contributed by atoms with Gasteiger partial charge in [0.1, 0.15) is 11.4 Å². The van der Waals surface area contributed by atoms with Gasteiger partial charge >= 0.3 is 0 Å². The molecular formula is C12H15FN2O5. The molecule has 0 aliphatic rings. The Morgan fingerprint density at radius 1 is 1.60 bits per heavy atom. The van der Waals surface area contributed by atoms with Crippen molar-refractivity contribution in [3.63, 3.8) is 0 Å². The number of halogens is 1. The van der Waals surface area contributed by atoms with E-state index in [-0.39, 0.29) is 25.1 Å². The van der Waals surface area contributed by atoms with Crippen molar-refractivity contribution in [3.8, 4) is 0 Å². The van der Waals surface area contributed by atoms with Gasteiger partial charge in [-0.1, -0.05) is 0 Å². The molecule has 0 bridgehead atoms. The van der Waals surface area contributed by atoms with Gasteiger partial charge in [-0.05, 0) is 18.6 Å². The van der Waals surface area contributed by atoms with E-state index in [4.69, 9.17) is 4.74 Å². The van der Waals surface area contributed by atoms with Crippen LogP contribution >= 0.6 is 0 Å². The second kappa shape index (κ2) is 7.51. The zero-order valence-electron chi connectivity index (χ0n) is 10.8. The second-order valence-electron chi connectivity index (χ2n) is 4.07. The smallest absolute Gasteiger partial charge is 0.285 e. The summed E-state index contributed by atoms with van der Waals surface area (Å²) in [5.74, 6) is -1.48. The van der Waals surface area contributed by atoms with Gasteiger partial charge in [0.15, 0.2) is 0 Å². The number of nitrogens with one attached hydrogen (secondary N) is 1. The molecule has 7 nitrogen and oxygen atoms in total. The number of rotatable bonds is 7. The summed E-state index contributed by atoms with van der Waals surface area (Å²) in [6.07, 6.45) is -0.488. The van der Waals surface area contributed by atoms with Crippen LogP contribution in [0.3, 0.4) is 0 Å². The molecule has 110 valence electrons. The van der Waals surface area contributed by atoms with Crippen LogP contribution in [0.5, 0.6) is 0 Å². The number of aliphatic hydroxyl groups is 1. The first kappa shape index (κ1) is 16.0. The predicted octanol–water partition coefficient (Wildman–Crippen LogP) is 0.861. The van der Waals surface area contributed by atoms with Crippen molar-refractivity contribution in [3.05, 3.63) is 39.7 Å². The van der Waals surface area contributed by atoms with E-state index >= 15 is 0 Å². The number of hydrogen-bond donors (Lipinski definition) is 2. The van der Waals surface area contributed by atoms with Crippen molar-refractivity contribution in [1.82, 2.24) is 5.32 Å². The maximum atomic E-state index is 12.9. The van der Waals surface area contributed by atoms with Gasteiger partial charge < -0.3 is 15.2 Å². The van der Waals surface area contributed by atoms with Crippen LogP contribution in [0.1, 0.15) is 16.8 Å². The summed E-state index contributed by atoms with van der Waals surface area (Å²) in [5, 5.41) is 22.5. The van der Waals surface area contributed by atoms with Crippen LogP contribution < -0.4 is 5.32 Å². The van der Waals surface area contributed by atoms with Gasteiger partial charge in [-0.2, -0.15) is 0 Å². The molecule has 1 atom stereocenters. The van der Waals surface area contributed by atoms with Gasteiger partial charge in [-0.15, -0.1) is 0 Å². The first-order valence-electron chi connectivity index (χ1n) is 5.85. The standard InChI is InChI=1S/C12H15FN2O5/c1-20-7-9(16)4-5-14-12(17)10-3-2-8(13)6-11(10)15(18)19/h2-3,6,9,16H,4-5,7H2,1H3,(H,14,17). The normalized spacial score (nSPS) is 11.9. The fraction of sp³-hybridized carbons (Fsp3) is 0.417. The Morgan fingerprint density at radius 3 is 2.90 bits per heavy atom. The van der Waals surface area contributed by atoms with Gasteiger partial charge in [-0.3, -0.25) is 14.9 Å². The lowest BCUT2D eigenvalue weighted by atomic mass is 10.1. The summed E-state index contributed by atoms with van der Waals surface area (Å²) < 4.78 is 17.6. The number of aliphatic hydroxyl groups excluding tert-OH is 1. The molecule has 0 aliphatic carbocycles. The third kappa shape index (κ3) is 4.56. The van der Waals surface area contributed by atoms with E-state index < -0.39 is 28.4 Å².